The minimum Gasteiger partial charge on any atom is -0.0683 e. The number of rotatable bonds is 14. The first-order valence-corrected chi connectivity index (χ1v) is 28.5. The Kier molecular flexibility index (Phi) is 14.9. The SMILES string of the molecule is CC.CCCC(CCCC1CCC2=C3C4=C(CCC31)CC(C1CCCCC1)C4CC2)C(C)CC(CCC)C1CCC2CCC3C(C4CCCCC4)CCC4CCC1C2C43. The molecule has 334 valence electrons. The van der Waals surface area contributed by atoms with E-state index in [9.17, 15) is 0 Å². The second kappa shape index (κ2) is 20.1. The molecule has 10 aliphatic rings. The maximum Gasteiger partial charge on any atom is -0.0122 e. The van der Waals surface area contributed by atoms with E-state index in [1.54, 1.807) is 103 Å². The molecule has 0 saturated heterocycles. The fraction of sp³-hybridized carbons (Fsp3) is 0.932. The van der Waals surface area contributed by atoms with Gasteiger partial charge in [-0.3, -0.25) is 0 Å². The van der Waals surface area contributed by atoms with Gasteiger partial charge in [0, 0.05) is 0 Å². The summed E-state index contributed by atoms with van der Waals surface area (Å²) in [5, 5.41) is 0. The molecule has 15 unspecified atom stereocenters. The minimum atomic E-state index is 0.928. The first-order valence-electron chi connectivity index (χ1n) is 28.5. The van der Waals surface area contributed by atoms with Crippen LogP contribution in [-0.2, 0) is 0 Å². The fourth-order valence-corrected chi connectivity index (χ4v) is 19.7. The molecule has 0 aromatic rings. The highest BCUT2D eigenvalue weighted by Crippen LogP contribution is 2.65. The van der Waals surface area contributed by atoms with Crippen LogP contribution in [0.5, 0.6) is 0 Å². The lowest BCUT2D eigenvalue weighted by Gasteiger charge is -2.62. The molecule has 0 aromatic carbocycles. The average Bonchev–Trinajstić information content (AvgIpc) is 3.68. The van der Waals surface area contributed by atoms with Gasteiger partial charge >= 0.3 is 0 Å². The van der Waals surface area contributed by atoms with Crippen molar-refractivity contribution in [2.75, 3.05) is 0 Å². The van der Waals surface area contributed by atoms with Crippen molar-refractivity contribution in [3.8, 4) is 0 Å². The predicted octanol–water partition coefficient (Wildman–Crippen LogP) is 18.2. The van der Waals surface area contributed by atoms with Gasteiger partial charge in [-0.25, -0.2) is 0 Å². The molecule has 0 bridgehead atoms. The Morgan fingerprint density at radius 2 is 1.07 bits per heavy atom. The van der Waals surface area contributed by atoms with Gasteiger partial charge in [-0.15, -0.1) is 0 Å². The highest BCUT2D eigenvalue weighted by atomic mass is 14.6. The Morgan fingerprint density at radius 3 is 1.78 bits per heavy atom. The molecule has 6 saturated carbocycles. The van der Waals surface area contributed by atoms with Crippen molar-refractivity contribution in [3.63, 3.8) is 0 Å². The number of hydrogen-bond donors (Lipinski definition) is 0. The van der Waals surface area contributed by atoms with Gasteiger partial charge in [-0.1, -0.05) is 148 Å². The Bertz CT molecular complexity index is 1400. The molecule has 0 heteroatoms. The van der Waals surface area contributed by atoms with Gasteiger partial charge in [0.1, 0.15) is 0 Å². The third-order valence-corrected chi connectivity index (χ3v) is 21.9. The molecular formula is C59H98. The van der Waals surface area contributed by atoms with Gasteiger partial charge < -0.3 is 0 Å². The summed E-state index contributed by atoms with van der Waals surface area (Å²) in [7, 11) is 0. The van der Waals surface area contributed by atoms with Crippen molar-refractivity contribution in [3.05, 3.63) is 22.3 Å². The van der Waals surface area contributed by atoms with Crippen LogP contribution in [-0.4, -0.2) is 0 Å². The third-order valence-electron chi connectivity index (χ3n) is 21.9. The van der Waals surface area contributed by atoms with Crippen LogP contribution in [0.3, 0.4) is 0 Å². The van der Waals surface area contributed by atoms with Gasteiger partial charge in [0.2, 0.25) is 0 Å². The Balaban J connectivity index is 0.00000221. The molecule has 0 amide bonds. The number of hydrogen-bond acceptors (Lipinski definition) is 0. The van der Waals surface area contributed by atoms with Crippen molar-refractivity contribution in [1.29, 1.82) is 0 Å². The maximum absolute atomic E-state index is 2.77. The summed E-state index contributed by atoms with van der Waals surface area (Å²) in [5.74, 6) is 17.9. The summed E-state index contributed by atoms with van der Waals surface area (Å²) in [6.07, 6.45) is 51.0. The molecule has 10 aliphatic carbocycles. The summed E-state index contributed by atoms with van der Waals surface area (Å²) in [6, 6.07) is 0. The van der Waals surface area contributed by atoms with E-state index in [0.29, 0.717) is 0 Å². The fourth-order valence-electron chi connectivity index (χ4n) is 19.7. The van der Waals surface area contributed by atoms with Crippen LogP contribution in [0, 0.1) is 101 Å². The van der Waals surface area contributed by atoms with E-state index >= 15 is 0 Å². The van der Waals surface area contributed by atoms with Crippen molar-refractivity contribution < 1.29 is 0 Å². The van der Waals surface area contributed by atoms with Gasteiger partial charge in [0.15, 0.2) is 0 Å². The summed E-state index contributed by atoms with van der Waals surface area (Å²) in [6.45, 7) is 11.8. The zero-order valence-electron chi connectivity index (χ0n) is 40.1. The van der Waals surface area contributed by atoms with Crippen molar-refractivity contribution >= 4 is 0 Å². The molecule has 0 spiro atoms. The monoisotopic (exact) mass is 807 g/mol. The highest BCUT2D eigenvalue weighted by Gasteiger charge is 2.57. The van der Waals surface area contributed by atoms with E-state index < -0.39 is 0 Å². The molecule has 10 rings (SSSR count). The lowest BCUT2D eigenvalue weighted by molar-refractivity contribution is -0.133. The van der Waals surface area contributed by atoms with E-state index in [1.807, 2.05) is 36.1 Å². The van der Waals surface area contributed by atoms with Crippen molar-refractivity contribution in [1.82, 2.24) is 0 Å². The Hall–Kier alpha value is -0.520. The lowest BCUT2D eigenvalue weighted by atomic mass is 9.43. The highest BCUT2D eigenvalue weighted by molar-refractivity contribution is 5.51. The van der Waals surface area contributed by atoms with Crippen molar-refractivity contribution in [2.45, 2.75) is 247 Å². The molecule has 0 aliphatic heterocycles. The summed E-state index contributed by atoms with van der Waals surface area (Å²) >= 11 is 0. The first-order chi connectivity index (χ1) is 29.1. The second-order valence-corrected chi connectivity index (χ2v) is 24.2. The van der Waals surface area contributed by atoms with Crippen LogP contribution in [0.15, 0.2) is 22.3 Å². The predicted molar refractivity (Wildman–Crippen MR) is 254 cm³/mol. The normalized spacial score (nSPS) is 41.0. The van der Waals surface area contributed by atoms with E-state index in [1.165, 1.54) is 109 Å². The van der Waals surface area contributed by atoms with Gasteiger partial charge in [0.05, 0.1) is 0 Å². The summed E-state index contributed by atoms with van der Waals surface area (Å²) < 4.78 is 0. The van der Waals surface area contributed by atoms with E-state index in [2.05, 4.69) is 20.8 Å². The van der Waals surface area contributed by atoms with Gasteiger partial charge in [-0.05, 0) is 221 Å². The largest absolute Gasteiger partial charge is 0.0683 e. The van der Waals surface area contributed by atoms with Crippen LogP contribution in [0.4, 0.5) is 0 Å². The Labute approximate surface area is 367 Å². The molecule has 0 radical (unpaired) electrons. The van der Waals surface area contributed by atoms with Crippen molar-refractivity contribution in [2.24, 2.45) is 101 Å². The zero-order valence-corrected chi connectivity index (χ0v) is 40.1. The third kappa shape index (κ3) is 8.72. The molecule has 0 heterocycles. The van der Waals surface area contributed by atoms with Crippen LogP contribution in [0.25, 0.3) is 0 Å². The van der Waals surface area contributed by atoms with Crippen LogP contribution in [0.2, 0.25) is 0 Å². The lowest BCUT2D eigenvalue weighted by Crippen LogP contribution is -2.55. The Morgan fingerprint density at radius 1 is 0.492 bits per heavy atom. The molecule has 0 N–H and O–H groups in total. The second-order valence-electron chi connectivity index (χ2n) is 24.2. The maximum atomic E-state index is 2.77. The van der Waals surface area contributed by atoms with E-state index in [4.69, 9.17) is 0 Å². The molecular weight excluding hydrogens is 709 g/mol. The standard InChI is InChI=1S/C57H92.C2H6/c1-4-13-38(19-12-20-41-21-22-42-27-34-52-53(40-17-10-7-11-18-40)36-46-28-31-49(41)54(42)57(46)52)37(3)35-45(14-5-2)48-30-24-44-25-32-50-47(39-15-8-6-9-16-39)29-23-43-26-33-51(48)56(44)55(43)50;1-2/h37-41,43-45,47-53,55-56H,4-36H2,1-3H3;1-2H3. The molecule has 0 nitrogen and oxygen atoms in total. The molecule has 6 fully saturated rings. The average molecular weight is 807 g/mol. The molecule has 59 heavy (non-hydrogen) atoms. The summed E-state index contributed by atoms with van der Waals surface area (Å²) in [5.41, 5.74) is 8.03. The number of allylic oxidation sites excluding steroid dienone is 4. The van der Waals surface area contributed by atoms with Gasteiger partial charge in [-0.2, -0.15) is 0 Å². The first kappa shape index (κ1) is 43.7. The molecule has 15 atom stereocenters. The van der Waals surface area contributed by atoms with Crippen LogP contribution < -0.4 is 0 Å². The van der Waals surface area contributed by atoms with Gasteiger partial charge in [0.25, 0.3) is 0 Å². The van der Waals surface area contributed by atoms with Crippen LogP contribution >= 0.6 is 0 Å². The van der Waals surface area contributed by atoms with E-state index in [0.717, 1.165) is 101 Å². The molecule has 0 aromatic heterocycles. The summed E-state index contributed by atoms with van der Waals surface area (Å²) in [4.78, 5) is 0. The van der Waals surface area contributed by atoms with E-state index in [-0.39, 0.29) is 0 Å². The quantitative estimate of drug-likeness (QED) is 0.164. The topological polar surface area (TPSA) is 0 Å². The smallest absolute Gasteiger partial charge is 0.0122 e. The zero-order chi connectivity index (χ0) is 40.5. The van der Waals surface area contributed by atoms with Crippen LogP contribution in [0.1, 0.15) is 247 Å². The minimum absolute atomic E-state index is 0.928.